The molecule has 1 aromatic carbocycles. The summed E-state index contributed by atoms with van der Waals surface area (Å²) in [5.41, 5.74) is 0.671. The van der Waals surface area contributed by atoms with E-state index in [0.717, 1.165) is 6.54 Å². The van der Waals surface area contributed by atoms with Crippen LogP contribution < -0.4 is 0 Å². The molecule has 0 saturated carbocycles. The van der Waals surface area contributed by atoms with Crippen molar-refractivity contribution in [1.29, 1.82) is 0 Å². The molecule has 0 bridgehead atoms. The lowest BCUT2D eigenvalue weighted by molar-refractivity contribution is -0.141. The lowest BCUT2D eigenvalue weighted by Crippen LogP contribution is -2.38. The first-order chi connectivity index (χ1) is 9.40. The Morgan fingerprint density at radius 2 is 1.70 bits per heavy atom. The van der Waals surface area contributed by atoms with Crippen LogP contribution in [0.4, 0.5) is 0 Å². The van der Waals surface area contributed by atoms with E-state index in [4.69, 9.17) is 5.11 Å². The first kappa shape index (κ1) is 16.4. The predicted octanol–water partition coefficient (Wildman–Crippen LogP) is 2.55. The molecule has 0 spiro atoms. The summed E-state index contributed by atoms with van der Waals surface area (Å²) in [7, 11) is 0. The highest BCUT2D eigenvalue weighted by Gasteiger charge is 2.19. The van der Waals surface area contributed by atoms with Crippen molar-refractivity contribution in [2.75, 3.05) is 19.6 Å². The van der Waals surface area contributed by atoms with Gasteiger partial charge in [-0.2, -0.15) is 0 Å². The molecule has 0 aliphatic carbocycles. The molecule has 0 aliphatic heterocycles. The standard InChI is InChI=1S/C16H23NO3/c1-12(2)9-17(10-13(3)16(19)20)11-15(18)14-7-5-4-6-8-14/h4-8,12-13H,9-11H2,1-3H3,(H,19,20). The van der Waals surface area contributed by atoms with Crippen molar-refractivity contribution in [3.8, 4) is 0 Å². The van der Waals surface area contributed by atoms with Gasteiger partial charge in [0, 0.05) is 18.7 Å². The number of carboxylic acid groups (broad SMARTS) is 1. The molecule has 0 fully saturated rings. The molecule has 1 N–H and O–H groups in total. The van der Waals surface area contributed by atoms with E-state index in [-0.39, 0.29) is 12.3 Å². The quantitative estimate of drug-likeness (QED) is 0.742. The number of aliphatic carboxylic acids is 1. The average Bonchev–Trinajstić information content (AvgIpc) is 2.38. The largest absolute Gasteiger partial charge is 0.481 e. The molecule has 1 rings (SSSR count). The van der Waals surface area contributed by atoms with Crippen molar-refractivity contribution in [3.63, 3.8) is 0 Å². The number of carboxylic acids is 1. The molecule has 0 aromatic heterocycles. The number of Topliss-reactive ketones (excluding diaryl/α,β-unsaturated/α-hetero) is 1. The van der Waals surface area contributed by atoms with Crippen LogP contribution in [0.15, 0.2) is 30.3 Å². The Labute approximate surface area is 120 Å². The number of hydrogen-bond acceptors (Lipinski definition) is 3. The highest BCUT2D eigenvalue weighted by Crippen LogP contribution is 2.08. The fourth-order valence-electron chi connectivity index (χ4n) is 2.10. The van der Waals surface area contributed by atoms with Gasteiger partial charge < -0.3 is 5.11 Å². The lowest BCUT2D eigenvalue weighted by Gasteiger charge is -2.25. The van der Waals surface area contributed by atoms with Crippen LogP contribution in [0, 0.1) is 11.8 Å². The summed E-state index contributed by atoms with van der Waals surface area (Å²) in [6.07, 6.45) is 0. The van der Waals surface area contributed by atoms with E-state index in [1.807, 2.05) is 23.1 Å². The molecule has 1 aromatic rings. The van der Waals surface area contributed by atoms with Crippen molar-refractivity contribution in [3.05, 3.63) is 35.9 Å². The first-order valence-electron chi connectivity index (χ1n) is 6.93. The third kappa shape index (κ3) is 5.53. The van der Waals surface area contributed by atoms with Crippen molar-refractivity contribution >= 4 is 11.8 Å². The van der Waals surface area contributed by atoms with Crippen LogP contribution in [-0.4, -0.2) is 41.4 Å². The van der Waals surface area contributed by atoms with E-state index >= 15 is 0 Å². The molecule has 0 saturated heterocycles. The van der Waals surface area contributed by atoms with Gasteiger partial charge in [-0.1, -0.05) is 51.1 Å². The lowest BCUT2D eigenvalue weighted by atomic mass is 10.1. The number of hydrogen-bond donors (Lipinski definition) is 1. The Balaban J connectivity index is 2.69. The molecule has 110 valence electrons. The van der Waals surface area contributed by atoms with Crippen LogP contribution in [0.2, 0.25) is 0 Å². The Morgan fingerprint density at radius 3 is 2.20 bits per heavy atom. The maximum Gasteiger partial charge on any atom is 0.307 e. The second kappa shape index (κ2) is 7.80. The highest BCUT2D eigenvalue weighted by atomic mass is 16.4. The third-order valence-corrected chi connectivity index (χ3v) is 3.04. The second-order valence-electron chi connectivity index (χ2n) is 5.62. The zero-order chi connectivity index (χ0) is 15.1. The Bertz CT molecular complexity index is 442. The normalized spacial score (nSPS) is 12.7. The van der Waals surface area contributed by atoms with Crippen molar-refractivity contribution in [1.82, 2.24) is 4.90 Å². The fraction of sp³-hybridized carbons (Fsp3) is 0.500. The number of ketones is 1. The molecule has 4 heteroatoms. The minimum absolute atomic E-state index is 0.0313. The van der Waals surface area contributed by atoms with Crippen LogP contribution in [0.25, 0.3) is 0 Å². The van der Waals surface area contributed by atoms with Gasteiger partial charge in [-0.05, 0) is 5.92 Å². The molecule has 20 heavy (non-hydrogen) atoms. The minimum atomic E-state index is -0.828. The molecule has 0 radical (unpaired) electrons. The molecular formula is C16H23NO3. The van der Waals surface area contributed by atoms with Gasteiger partial charge in [0.25, 0.3) is 0 Å². The molecule has 0 aliphatic rings. The van der Waals surface area contributed by atoms with Gasteiger partial charge in [-0.25, -0.2) is 0 Å². The topological polar surface area (TPSA) is 57.6 Å². The van der Waals surface area contributed by atoms with Crippen LogP contribution in [0.3, 0.4) is 0 Å². The molecule has 1 unspecified atom stereocenters. The number of carbonyl (C=O) groups excluding carboxylic acids is 1. The van der Waals surface area contributed by atoms with Crippen molar-refractivity contribution in [2.45, 2.75) is 20.8 Å². The van der Waals surface area contributed by atoms with E-state index in [1.165, 1.54) is 0 Å². The van der Waals surface area contributed by atoms with Crippen LogP contribution in [-0.2, 0) is 4.79 Å². The summed E-state index contributed by atoms with van der Waals surface area (Å²) in [6, 6.07) is 9.11. The van der Waals surface area contributed by atoms with E-state index in [1.54, 1.807) is 19.1 Å². The number of carbonyl (C=O) groups is 2. The van der Waals surface area contributed by atoms with Gasteiger partial charge in [0.05, 0.1) is 12.5 Å². The summed E-state index contributed by atoms with van der Waals surface area (Å²) in [5.74, 6) is -0.883. The van der Waals surface area contributed by atoms with E-state index in [0.29, 0.717) is 18.0 Å². The van der Waals surface area contributed by atoms with Gasteiger partial charge in [-0.3, -0.25) is 14.5 Å². The van der Waals surface area contributed by atoms with Crippen LogP contribution in [0.1, 0.15) is 31.1 Å². The fourth-order valence-corrected chi connectivity index (χ4v) is 2.10. The molecule has 1 atom stereocenters. The van der Waals surface area contributed by atoms with Crippen LogP contribution >= 0.6 is 0 Å². The highest BCUT2D eigenvalue weighted by molar-refractivity contribution is 5.97. The van der Waals surface area contributed by atoms with Gasteiger partial charge in [0.15, 0.2) is 5.78 Å². The predicted molar refractivity (Wildman–Crippen MR) is 78.9 cm³/mol. The number of rotatable bonds is 8. The smallest absolute Gasteiger partial charge is 0.307 e. The molecule has 0 amide bonds. The van der Waals surface area contributed by atoms with E-state index in [9.17, 15) is 9.59 Å². The van der Waals surface area contributed by atoms with Crippen molar-refractivity contribution in [2.24, 2.45) is 11.8 Å². The molecular weight excluding hydrogens is 254 g/mol. The van der Waals surface area contributed by atoms with Gasteiger partial charge in [0.2, 0.25) is 0 Å². The second-order valence-corrected chi connectivity index (χ2v) is 5.62. The van der Waals surface area contributed by atoms with Crippen LogP contribution in [0.5, 0.6) is 0 Å². The average molecular weight is 277 g/mol. The number of benzene rings is 1. The van der Waals surface area contributed by atoms with Gasteiger partial charge in [-0.15, -0.1) is 0 Å². The van der Waals surface area contributed by atoms with Gasteiger partial charge >= 0.3 is 5.97 Å². The maximum atomic E-state index is 12.2. The third-order valence-electron chi connectivity index (χ3n) is 3.04. The summed E-state index contributed by atoms with van der Waals surface area (Å²) in [5, 5.41) is 9.00. The zero-order valence-corrected chi connectivity index (χ0v) is 12.4. The number of nitrogens with zero attached hydrogens (tertiary/aromatic N) is 1. The summed E-state index contributed by atoms with van der Waals surface area (Å²) in [4.78, 5) is 25.1. The zero-order valence-electron chi connectivity index (χ0n) is 12.4. The monoisotopic (exact) mass is 277 g/mol. The molecule has 0 heterocycles. The minimum Gasteiger partial charge on any atom is -0.481 e. The summed E-state index contributed by atoms with van der Waals surface area (Å²) in [6.45, 7) is 7.17. The van der Waals surface area contributed by atoms with E-state index in [2.05, 4.69) is 13.8 Å². The maximum absolute atomic E-state index is 12.2. The van der Waals surface area contributed by atoms with Crippen molar-refractivity contribution < 1.29 is 14.7 Å². The molecule has 4 nitrogen and oxygen atoms in total. The van der Waals surface area contributed by atoms with E-state index < -0.39 is 11.9 Å². The Morgan fingerprint density at radius 1 is 1.10 bits per heavy atom. The van der Waals surface area contributed by atoms with Gasteiger partial charge in [0.1, 0.15) is 0 Å². The Hall–Kier alpha value is -1.68. The SMILES string of the molecule is CC(C)CN(CC(=O)c1ccccc1)CC(C)C(=O)O. The summed E-state index contributed by atoms with van der Waals surface area (Å²) >= 11 is 0. The Kier molecular flexibility index (Phi) is 6.39. The first-order valence-corrected chi connectivity index (χ1v) is 6.93. The summed E-state index contributed by atoms with van der Waals surface area (Å²) < 4.78 is 0.